The van der Waals surface area contributed by atoms with E-state index in [1.165, 1.54) is 18.9 Å². The van der Waals surface area contributed by atoms with Gasteiger partial charge >= 0.3 is 0 Å². The zero-order valence-electron chi connectivity index (χ0n) is 24.0. The van der Waals surface area contributed by atoms with E-state index in [1.807, 2.05) is 13.0 Å². The number of methoxy groups -OCH3 is 2. The number of carbonyl (C=O) groups excluding carboxylic acids is 3. The maximum Gasteiger partial charge on any atom is 0.272 e. The molecule has 1 unspecified atom stereocenters. The second-order valence-corrected chi connectivity index (χ2v) is 10.5. The zero-order valence-corrected chi connectivity index (χ0v) is 24.8. The Morgan fingerprint density at radius 2 is 1.63 bits per heavy atom. The maximum atomic E-state index is 13.6. The number of carbonyl (C=O) groups is 3. The number of pyridine rings is 1. The summed E-state index contributed by atoms with van der Waals surface area (Å²) in [4.78, 5) is 44.3. The predicted octanol–water partition coefficient (Wildman–Crippen LogP) is 6.02. The average Bonchev–Trinajstić information content (AvgIpc) is 3.04. The van der Waals surface area contributed by atoms with Crippen molar-refractivity contribution in [2.24, 2.45) is 0 Å². The van der Waals surface area contributed by atoms with Crippen LogP contribution in [0.15, 0.2) is 108 Å². The van der Waals surface area contributed by atoms with Gasteiger partial charge in [0.25, 0.3) is 11.8 Å². The zero-order chi connectivity index (χ0) is 30.6. The van der Waals surface area contributed by atoms with Gasteiger partial charge in [0.1, 0.15) is 17.2 Å². The smallest absolute Gasteiger partial charge is 0.272 e. The van der Waals surface area contributed by atoms with Gasteiger partial charge < -0.3 is 25.4 Å². The fourth-order valence-corrected chi connectivity index (χ4v) is 5.04. The molecule has 10 heteroatoms. The highest BCUT2D eigenvalue weighted by Gasteiger charge is 2.20. The van der Waals surface area contributed by atoms with Crippen molar-refractivity contribution in [2.45, 2.75) is 23.5 Å². The predicted molar refractivity (Wildman–Crippen MR) is 169 cm³/mol. The van der Waals surface area contributed by atoms with Gasteiger partial charge in [-0.3, -0.25) is 19.4 Å². The van der Waals surface area contributed by atoms with Gasteiger partial charge in [0, 0.05) is 45.9 Å². The fraction of sp³-hybridized carbons (Fsp3) is 0.152. The van der Waals surface area contributed by atoms with Crippen molar-refractivity contribution in [3.63, 3.8) is 0 Å². The second kappa shape index (κ2) is 15.2. The van der Waals surface area contributed by atoms with Crippen molar-refractivity contribution >= 4 is 46.9 Å². The summed E-state index contributed by atoms with van der Waals surface area (Å²) in [7, 11) is 3.06. The van der Waals surface area contributed by atoms with Crippen LogP contribution in [0.3, 0.4) is 0 Å². The lowest BCUT2D eigenvalue weighted by Crippen LogP contribution is -2.30. The molecule has 0 saturated heterocycles. The van der Waals surface area contributed by atoms with Crippen LogP contribution in [0.5, 0.6) is 11.5 Å². The van der Waals surface area contributed by atoms with Gasteiger partial charge in [0.15, 0.2) is 0 Å². The molecular weight excluding hydrogens is 564 g/mol. The lowest BCUT2D eigenvalue weighted by atomic mass is 10.1. The van der Waals surface area contributed by atoms with E-state index in [4.69, 9.17) is 9.47 Å². The minimum atomic E-state index is -0.535. The van der Waals surface area contributed by atoms with Crippen LogP contribution in [0.1, 0.15) is 29.3 Å². The molecule has 0 spiro atoms. The van der Waals surface area contributed by atoms with E-state index < -0.39 is 11.8 Å². The van der Waals surface area contributed by atoms with Crippen LogP contribution in [-0.4, -0.2) is 42.2 Å². The van der Waals surface area contributed by atoms with Crippen molar-refractivity contribution in [3.05, 3.63) is 114 Å². The Kier molecular flexibility index (Phi) is 10.9. The molecule has 1 aromatic heterocycles. The monoisotopic (exact) mass is 596 g/mol. The second-order valence-electron chi connectivity index (χ2n) is 9.21. The number of hydrogen-bond acceptors (Lipinski definition) is 7. The third-order valence-corrected chi connectivity index (χ3v) is 7.61. The Balaban J connectivity index is 1.55. The van der Waals surface area contributed by atoms with E-state index in [9.17, 15) is 14.4 Å². The summed E-state index contributed by atoms with van der Waals surface area (Å²) in [6.45, 7) is 1.94. The lowest BCUT2D eigenvalue weighted by Gasteiger charge is -2.16. The number of anilines is 2. The van der Waals surface area contributed by atoms with Crippen molar-refractivity contribution < 1.29 is 23.9 Å². The maximum absolute atomic E-state index is 13.6. The summed E-state index contributed by atoms with van der Waals surface area (Å²) in [5.41, 5.74) is 2.15. The number of nitrogens with one attached hydrogen (secondary N) is 3. The van der Waals surface area contributed by atoms with Gasteiger partial charge in [-0.2, -0.15) is 0 Å². The van der Waals surface area contributed by atoms with Crippen molar-refractivity contribution in [2.75, 3.05) is 24.9 Å². The van der Waals surface area contributed by atoms with Gasteiger partial charge in [-0.05, 0) is 67.1 Å². The van der Waals surface area contributed by atoms with E-state index in [0.29, 0.717) is 40.4 Å². The SMILES string of the molecule is CCC(Sc1cccc(NC(=O)/C(=C\c2ccc(OC)cc2OC)NC(=O)c2ccccc2)c1)C(=O)Nc1ccncc1. The van der Waals surface area contributed by atoms with Gasteiger partial charge in [-0.15, -0.1) is 11.8 Å². The van der Waals surface area contributed by atoms with E-state index in [2.05, 4.69) is 20.9 Å². The molecule has 220 valence electrons. The number of nitrogens with zero attached hydrogens (tertiary/aromatic N) is 1. The van der Waals surface area contributed by atoms with Gasteiger partial charge in [0.05, 0.1) is 19.5 Å². The average molecular weight is 597 g/mol. The third kappa shape index (κ3) is 8.70. The molecule has 3 N–H and O–H groups in total. The molecule has 3 aromatic carbocycles. The fourth-order valence-electron chi connectivity index (χ4n) is 4.03. The first-order chi connectivity index (χ1) is 20.9. The molecule has 43 heavy (non-hydrogen) atoms. The Morgan fingerprint density at radius 1 is 0.860 bits per heavy atom. The van der Waals surface area contributed by atoms with Gasteiger partial charge in [-0.25, -0.2) is 0 Å². The normalized spacial score (nSPS) is 11.7. The largest absolute Gasteiger partial charge is 0.497 e. The Bertz CT molecular complexity index is 1600. The van der Waals surface area contributed by atoms with Crippen LogP contribution in [0.2, 0.25) is 0 Å². The summed E-state index contributed by atoms with van der Waals surface area (Å²) in [6, 6.07) is 24.4. The van der Waals surface area contributed by atoms with Crippen LogP contribution in [0.4, 0.5) is 11.4 Å². The molecule has 0 aliphatic carbocycles. The van der Waals surface area contributed by atoms with Crippen LogP contribution in [-0.2, 0) is 9.59 Å². The van der Waals surface area contributed by atoms with Crippen molar-refractivity contribution in [3.8, 4) is 11.5 Å². The number of rotatable bonds is 12. The molecule has 0 radical (unpaired) electrons. The quantitative estimate of drug-likeness (QED) is 0.135. The highest BCUT2D eigenvalue weighted by atomic mass is 32.2. The molecule has 4 aromatic rings. The Hall–Kier alpha value is -5.09. The first kappa shape index (κ1) is 30.9. The molecule has 9 nitrogen and oxygen atoms in total. The molecule has 0 saturated carbocycles. The third-order valence-electron chi connectivity index (χ3n) is 6.25. The molecule has 0 bridgehead atoms. The van der Waals surface area contributed by atoms with Crippen LogP contribution >= 0.6 is 11.8 Å². The molecule has 1 atom stereocenters. The number of ether oxygens (including phenoxy) is 2. The van der Waals surface area contributed by atoms with E-state index in [1.54, 1.807) is 104 Å². The minimum Gasteiger partial charge on any atom is -0.497 e. The minimum absolute atomic E-state index is 0.0125. The first-order valence-electron chi connectivity index (χ1n) is 13.5. The molecular formula is C33H32N4O5S. The van der Waals surface area contributed by atoms with E-state index >= 15 is 0 Å². The summed E-state index contributed by atoms with van der Waals surface area (Å²) in [5.74, 6) is -0.0536. The van der Waals surface area contributed by atoms with Crippen molar-refractivity contribution in [1.82, 2.24) is 10.3 Å². The first-order valence-corrected chi connectivity index (χ1v) is 14.4. The van der Waals surface area contributed by atoms with Crippen molar-refractivity contribution in [1.29, 1.82) is 0 Å². The highest BCUT2D eigenvalue weighted by Crippen LogP contribution is 2.29. The number of aromatic nitrogens is 1. The summed E-state index contributed by atoms with van der Waals surface area (Å²) >= 11 is 1.39. The van der Waals surface area contributed by atoms with Crippen LogP contribution < -0.4 is 25.4 Å². The summed E-state index contributed by atoms with van der Waals surface area (Å²) in [6.07, 6.45) is 5.38. The van der Waals surface area contributed by atoms with Gasteiger partial charge in [-0.1, -0.05) is 31.2 Å². The Morgan fingerprint density at radius 3 is 2.33 bits per heavy atom. The van der Waals surface area contributed by atoms with Gasteiger partial charge in [0.2, 0.25) is 5.91 Å². The van der Waals surface area contributed by atoms with Crippen LogP contribution in [0.25, 0.3) is 6.08 Å². The number of amides is 3. The Labute approximate surface area is 254 Å². The lowest BCUT2D eigenvalue weighted by molar-refractivity contribution is -0.116. The molecule has 4 rings (SSSR count). The number of benzene rings is 3. The number of thioether (sulfide) groups is 1. The molecule has 1 heterocycles. The molecule has 0 fully saturated rings. The topological polar surface area (TPSA) is 119 Å². The number of hydrogen-bond donors (Lipinski definition) is 3. The molecule has 0 aliphatic rings. The van der Waals surface area contributed by atoms with Crippen LogP contribution in [0, 0.1) is 0 Å². The summed E-state index contributed by atoms with van der Waals surface area (Å²) in [5, 5.41) is 8.16. The standard InChI is InChI=1S/C33H32N4O5S/c1-4-30(33(40)35-24-15-17-34-18-16-24)43-27-12-8-11-25(20-27)36-32(39)28(37-31(38)22-9-6-5-7-10-22)19-23-13-14-26(41-2)21-29(23)42-3/h5-21,30H,4H2,1-3H3,(H,36,39)(H,37,38)(H,34,35,40)/b28-19+. The highest BCUT2D eigenvalue weighted by molar-refractivity contribution is 8.00. The summed E-state index contributed by atoms with van der Waals surface area (Å²) < 4.78 is 10.8. The molecule has 0 aliphatic heterocycles. The molecule has 3 amide bonds. The van der Waals surface area contributed by atoms with E-state index in [0.717, 1.165) is 4.90 Å². The van der Waals surface area contributed by atoms with E-state index in [-0.39, 0.29) is 16.9 Å².